The highest BCUT2D eigenvalue weighted by molar-refractivity contribution is 6.17. The molecule has 240 valence electrons. The van der Waals surface area contributed by atoms with Gasteiger partial charge in [-0.15, -0.1) is 0 Å². The first-order valence-corrected chi connectivity index (χ1v) is 17.4. The zero-order chi connectivity index (χ0) is 33.7. The highest BCUT2D eigenvalue weighted by Gasteiger charge is 2.24. The molecule has 0 N–H and O–H groups in total. The Morgan fingerprint density at radius 1 is 0.392 bits per heavy atom. The molecule has 3 nitrogen and oxygen atoms in total. The number of hydrogen-bond acceptors (Lipinski definition) is 2. The first-order valence-electron chi connectivity index (χ1n) is 17.4. The standard InChI is InChI=1S/C48H32N2O/c1-3-15-33(16-4-1)37-19-7-11-23-42(37)50(35-17-5-2-6-18-35)45-32-31-38(48-47(45)41-22-10-14-26-46(41)51-48)34-27-29-36(30-28-34)49-43-24-12-8-20-39(43)40-21-9-13-25-44(40)49/h1-32H. The van der Waals surface area contributed by atoms with E-state index in [-0.39, 0.29) is 0 Å². The van der Waals surface area contributed by atoms with Crippen molar-refractivity contribution < 1.29 is 4.42 Å². The Morgan fingerprint density at radius 3 is 1.69 bits per heavy atom. The second-order valence-electron chi connectivity index (χ2n) is 12.9. The van der Waals surface area contributed by atoms with Crippen molar-refractivity contribution in [2.45, 2.75) is 0 Å². The second-order valence-corrected chi connectivity index (χ2v) is 12.9. The zero-order valence-electron chi connectivity index (χ0n) is 27.8. The predicted octanol–water partition coefficient (Wildman–Crippen LogP) is 13.5. The molecular weight excluding hydrogens is 621 g/mol. The molecule has 0 bridgehead atoms. The van der Waals surface area contributed by atoms with Gasteiger partial charge in [0, 0.05) is 38.7 Å². The van der Waals surface area contributed by atoms with Gasteiger partial charge in [-0.3, -0.25) is 0 Å². The third-order valence-corrected chi connectivity index (χ3v) is 10.0. The van der Waals surface area contributed by atoms with Gasteiger partial charge in [0.25, 0.3) is 0 Å². The fourth-order valence-corrected chi connectivity index (χ4v) is 7.73. The molecule has 3 heteroatoms. The molecule has 0 aliphatic carbocycles. The Bertz CT molecular complexity index is 2790. The predicted molar refractivity (Wildman–Crippen MR) is 214 cm³/mol. The number of nitrogens with zero attached hydrogens (tertiary/aromatic N) is 2. The van der Waals surface area contributed by atoms with Crippen molar-refractivity contribution in [3.05, 3.63) is 194 Å². The van der Waals surface area contributed by atoms with Gasteiger partial charge in [0.05, 0.1) is 27.8 Å². The fourth-order valence-electron chi connectivity index (χ4n) is 7.73. The molecule has 51 heavy (non-hydrogen) atoms. The normalized spacial score (nSPS) is 11.5. The summed E-state index contributed by atoms with van der Waals surface area (Å²) in [6.45, 7) is 0. The Hall–Kier alpha value is -6.84. The Morgan fingerprint density at radius 2 is 0.961 bits per heavy atom. The maximum atomic E-state index is 6.80. The smallest absolute Gasteiger partial charge is 0.145 e. The third-order valence-electron chi connectivity index (χ3n) is 10.0. The maximum Gasteiger partial charge on any atom is 0.145 e. The highest BCUT2D eigenvalue weighted by Crippen LogP contribution is 2.48. The van der Waals surface area contributed by atoms with E-state index in [0.29, 0.717) is 0 Å². The number of hydrogen-bond donors (Lipinski definition) is 0. The summed E-state index contributed by atoms with van der Waals surface area (Å²) in [6, 6.07) is 68.9. The van der Waals surface area contributed by atoms with E-state index in [1.165, 1.54) is 27.4 Å². The summed E-state index contributed by atoms with van der Waals surface area (Å²) in [5.74, 6) is 0. The van der Waals surface area contributed by atoms with Crippen molar-refractivity contribution in [1.82, 2.24) is 4.57 Å². The van der Waals surface area contributed by atoms with Gasteiger partial charge in [-0.1, -0.05) is 133 Å². The van der Waals surface area contributed by atoms with Gasteiger partial charge in [-0.05, 0) is 71.8 Å². The monoisotopic (exact) mass is 652 g/mol. The van der Waals surface area contributed by atoms with Gasteiger partial charge < -0.3 is 13.9 Å². The maximum absolute atomic E-state index is 6.80. The molecule has 0 atom stereocenters. The average Bonchev–Trinajstić information content (AvgIpc) is 3.76. The Balaban J connectivity index is 1.18. The van der Waals surface area contributed by atoms with E-state index in [2.05, 4.69) is 198 Å². The van der Waals surface area contributed by atoms with Crippen LogP contribution in [0.1, 0.15) is 0 Å². The first-order chi connectivity index (χ1) is 25.3. The molecule has 0 radical (unpaired) electrons. The van der Waals surface area contributed by atoms with Crippen molar-refractivity contribution in [1.29, 1.82) is 0 Å². The second kappa shape index (κ2) is 11.9. The number of furan rings is 1. The average molecular weight is 653 g/mol. The highest BCUT2D eigenvalue weighted by atomic mass is 16.3. The fraction of sp³-hybridized carbons (Fsp3) is 0. The minimum atomic E-state index is 0.868. The van der Waals surface area contributed by atoms with E-state index in [0.717, 1.165) is 61.4 Å². The number of benzene rings is 8. The van der Waals surface area contributed by atoms with E-state index in [9.17, 15) is 0 Å². The number of fused-ring (bicyclic) bond motifs is 6. The summed E-state index contributed by atoms with van der Waals surface area (Å²) in [7, 11) is 0. The molecule has 2 heterocycles. The molecular formula is C48H32N2O. The van der Waals surface area contributed by atoms with Gasteiger partial charge in [-0.2, -0.15) is 0 Å². The molecule has 0 spiro atoms. The van der Waals surface area contributed by atoms with Crippen molar-refractivity contribution in [2.24, 2.45) is 0 Å². The summed E-state index contributed by atoms with van der Waals surface area (Å²) in [4.78, 5) is 2.38. The first kappa shape index (κ1) is 29.1. The summed E-state index contributed by atoms with van der Waals surface area (Å²) in [5.41, 5.74) is 13.0. The molecule has 10 rings (SSSR count). The van der Waals surface area contributed by atoms with Crippen molar-refractivity contribution in [2.75, 3.05) is 4.90 Å². The minimum absolute atomic E-state index is 0.868. The van der Waals surface area contributed by atoms with Crippen molar-refractivity contribution in [3.8, 4) is 27.9 Å². The number of rotatable bonds is 6. The van der Waals surface area contributed by atoms with Crippen molar-refractivity contribution in [3.63, 3.8) is 0 Å². The minimum Gasteiger partial charge on any atom is -0.455 e. The Kier molecular flexibility index (Phi) is 6.81. The lowest BCUT2D eigenvalue weighted by atomic mass is 9.98. The van der Waals surface area contributed by atoms with E-state index in [1.807, 2.05) is 6.07 Å². The van der Waals surface area contributed by atoms with Crippen LogP contribution in [0.15, 0.2) is 199 Å². The quantitative estimate of drug-likeness (QED) is 0.178. The van der Waals surface area contributed by atoms with Crippen LogP contribution in [0.5, 0.6) is 0 Å². The van der Waals surface area contributed by atoms with Crippen LogP contribution in [-0.2, 0) is 0 Å². The van der Waals surface area contributed by atoms with Crippen LogP contribution in [0.3, 0.4) is 0 Å². The van der Waals surface area contributed by atoms with Crippen LogP contribution in [0.25, 0.3) is 71.7 Å². The molecule has 0 saturated heterocycles. The lowest BCUT2D eigenvalue weighted by Gasteiger charge is -2.28. The number of aromatic nitrogens is 1. The van der Waals surface area contributed by atoms with Crippen LogP contribution in [0.4, 0.5) is 17.1 Å². The van der Waals surface area contributed by atoms with Crippen LogP contribution >= 0.6 is 0 Å². The molecule has 0 saturated carbocycles. The molecule has 0 aliphatic rings. The molecule has 2 aromatic heterocycles. The van der Waals surface area contributed by atoms with Crippen LogP contribution in [0, 0.1) is 0 Å². The van der Waals surface area contributed by atoms with Gasteiger partial charge in [0.2, 0.25) is 0 Å². The lowest BCUT2D eigenvalue weighted by Crippen LogP contribution is -2.11. The van der Waals surface area contributed by atoms with Crippen LogP contribution in [0.2, 0.25) is 0 Å². The molecule has 8 aromatic carbocycles. The van der Waals surface area contributed by atoms with E-state index in [4.69, 9.17) is 4.42 Å². The van der Waals surface area contributed by atoms with Gasteiger partial charge in [0.1, 0.15) is 11.2 Å². The molecule has 0 aliphatic heterocycles. The molecule has 0 amide bonds. The topological polar surface area (TPSA) is 21.3 Å². The zero-order valence-corrected chi connectivity index (χ0v) is 27.8. The van der Waals surface area contributed by atoms with E-state index >= 15 is 0 Å². The molecule has 0 fully saturated rings. The van der Waals surface area contributed by atoms with Gasteiger partial charge in [0.15, 0.2) is 0 Å². The summed E-state index contributed by atoms with van der Waals surface area (Å²) in [6.07, 6.45) is 0. The lowest BCUT2D eigenvalue weighted by molar-refractivity contribution is 0.670. The summed E-state index contributed by atoms with van der Waals surface area (Å²) < 4.78 is 9.16. The van der Waals surface area contributed by atoms with Crippen LogP contribution in [-0.4, -0.2) is 4.57 Å². The number of para-hydroxylation sites is 5. The van der Waals surface area contributed by atoms with Gasteiger partial charge in [-0.25, -0.2) is 0 Å². The van der Waals surface area contributed by atoms with E-state index in [1.54, 1.807) is 0 Å². The van der Waals surface area contributed by atoms with E-state index < -0.39 is 0 Å². The third kappa shape index (κ3) is 4.74. The summed E-state index contributed by atoms with van der Waals surface area (Å²) >= 11 is 0. The number of anilines is 3. The SMILES string of the molecule is c1ccc(-c2ccccc2N(c2ccccc2)c2ccc(-c3ccc(-n4c5ccccc5c5ccccc54)cc3)c3oc4ccccc4c23)cc1. The Labute approximate surface area is 295 Å². The molecule has 10 aromatic rings. The summed E-state index contributed by atoms with van der Waals surface area (Å²) in [5, 5.41) is 4.69. The van der Waals surface area contributed by atoms with Crippen LogP contribution < -0.4 is 4.90 Å². The van der Waals surface area contributed by atoms with Gasteiger partial charge >= 0.3 is 0 Å². The molecule has 0 unspecified atom stereocenters. The van der Waals surface area contributed by atoms with Crippen molar-refractivity contribution >= 4 is 60.8 Å². The largest absolute Gasteiger partial charge is 0.455 e.